The summed E-state index contributed by atoms with van der Waals surface area (Å²) >= 11 is 1.46. The molecular weight excluding hydrogens is 883 g/mol. The Labute approximate surface area is 411 Å². The van der Waals surface area contributed by atoms with Crippen LogP contribution >= 0.6 is 0 Å². The second-order valence-electron chi connectivity index (χ2n) is 24.1. The Bertz CT molecular complexity index is 2260. The summed E-state index contributed by atoms with van der Waals surface area (Å²) in [6, 6.07) is 34.3. The average molecular weight is 959 g/mol. The van der Waals surface area contributed by atoms with Crippen molar-refractivity contribution in [3.8, 4) is 0 Å². The maximum absolute atomic E-state index is 3.57. The van der Waals surface area contributed by atoms with Gasteiger partial charge in [0.2, 0.25) is 0 Å². The van der Waals surface area contributed by atoms with Gasteiger partial charge in [0, 0.05) is 0 Å². The van der Waals surface area contributed by atoms with Gasteiger partial charge in [0.15, 0.2) is 0 Å². The van der Waals surface area contributed by atoms with Gasteiger partial charge in [0.25, 0.3) is 0 Å². The molecule has 1 unspecified atom stereocenters. The number of rotatable bonds is 4. The van der Waals surface area contributed by atoms with Crippen molar-refractivity contribution in [3.63, 3.8) is 0 Å². The minimum absolute atomic E-state index is 0. The van der Waals surface area contributed by atoms with Crippen molar-refractivity contribution in [2.75, 3.05) is 0 Å². The van der Waals surface area contributed by atoms with Crippen LogP contribution < -0.4 is 24.8 Å². The first-order valence-electron chi connectivity index (χ1n) is 23.6. The molecule has 0 N–H and O–H groups in total. The van der Waals surface area contributed by atoms with Crippen LogP contribution in [0.5, 0.6) is 0 Å². The van der Waals surface area contributed by atoms with Crippen molar-refractivity contribution in [2.45, 2.75) is 164 Å². The van der Waals surface area contributed by atoms with Gasteiger partial charge in [0.05, 0.1) is 0 Å². The van der Waals surface area contributed by atoms with E-state index in [4.69, 9.17) is 0 Å². The maximum Gasteiger partial charge on any atom is -0.0202 e. The third-order valence-electron chi connectivity index (χ3n) is 14.6. The molecule has 4 saturated carbocycles. The van der Waals surface area contributed by atoms with Gasteiger partial charge < -0.3 is 24.8 Å². The summed E-state index contributed by atoms with van der Waals surface area (Å²) in [7, 11) is 0. The summed E-state index contributed by atoms with van der Waals surface area (Å²) in [6.45, 7) is 31.7. The molecule has 0 heterocycles. The molecule has 0 nitrogen and oxygen atoms in total. The Kier molecular flexibility index (Phi) is 15.9. The molecule has 5 aliphatic rings. The Morgan fingerprint density at radius 3 is 1.24 bits per heavy atom. The van der Waals surface area contributed by atoms with Crippen LogP contribution in [0.1, 0.15) is 175 Å². The van der Waals surface area contributed by atoms with Gasteiger partial charge in [-0.1, -0.05) is 103 Å². The van der Waals surface area contributed by atoms with Gasteiger partial charge in [-0.25, -0.2) is 5.57 Å². The first kappa shape index (κ1) is 51.5. The molecule has 4 bridgehead atoms. The van der Waals surface area contributed by atoms with E-state index in [0.717, 1.165) is 17.8 Å². The van der Waals surface area contributed by atoms with Crippen LogP contribution in [0, 0.1) is 35.2 Å². The molecule has 336 valence electrons. The molecule has 5 aromatic carbocycles. The first-order chi connectivity index (χ1) is 28.4. The number of hydrogen-bond donors (Lipinski definition) is 0. The Hall–Kier alpha value is -2.44. The van der Waals surface area contributed by atoms with E-state index in [9.17, 15) is 0 Å². The molecule has 63 heavy (non-hydrogen) atoms. The van der Waals surface area contributed by atoms with E-state index < -0.39 is 0 Å². The second-order valence-corrected chi connectivity index (χ2v) is 25.4. The molecule has 10 rings (SSSR count). The van der Waals surface area contributed by atoms with Crippen molar-refractivity contribution >= 4 is 24.8 Å². The van der Waals surface area contributed by atoms with Gasteiger partial charge in [-0.05, 0) is 72.5 Å². The van der Waals surface area contributed by atoms with Crippen LogP contribution in [0.3, 0.4) is 0 Å². The molecule has 4 fully saturated rings. The van der Waals surface area contributed by atoms with Gasteiger partial charge in [-0.15, -0.1) is 39.7 Å². The smallest absolute Gasteiger partial charge is 0.0202 e. The number of halogens is 2. The van der Waals surface area contributed by atoms with Gasteiger partial charge in [-0.3, -0.25) is 6.08 Å². The number of allylic oxidation sites excluding steroid dienone is 4. The molecule has 5 aromatic rings. The fourth-order valence-corrected chi connectivity index (χ4v) is 12.2. The van der Waals surface area contributed by atoms with Gasteiger partial charge in [0.1, 0.15) is 0 Å². The predicted octanol–water partition coefficient (Wildman–Crippen LogP) is 10.6. The van der Waals surface area contributed by atoms with Crippen LogP contribution in [0.15, 0.2) is 108 Å². The predicted molar refractivity (Wildman–Crippen MR) is 263 cm³/mol. The van der Waals surface area contributed by atoms with E-state index >= 15 is 0 Å². The zero-order valence-corrected chi connectivity index (χ0v) is 45.2. The Balaban J connectivity index is 0.000000176. The fourth-order valence-electron chi connectivity index (χ4n) is 11.4. The van der Waals surface area contributed by atoms with Crippen LogP contribution in [0.2, 0.25) is 0 Å². The van der Waals surface area contributed by atoms with Gasteiger partial charge >= 0.3 is 151 Å². The molecule has 5 aliphatic carbocycles. The third kappa shape index (κ3) is 12.1. The van der Waals surface area contributed by atoms with Crippen molar-refractivity contribution in [3.05, 3.63) is 148 Å². The summed E-state index contributed by atoms with van der Waals surface area (Å²) in [5.74, 6) is 3.82. The van der Waals surface area contributed by atoms with Crippen molar-refractivity contribution < 1.29 is 49.0 Å². The standard InChI is InChI=1S/C21H25.C21H26.C18H25.2ClH.Zr/c1-20(2,3)16-7-9-18-14(12-16)11-15-13-17(21(4,5)6)8-10-19(15)18;1-20(2,3)18-11-7-16(8-12-18)15-17-9-13-19(14-10-17)21(4,5)6;1-12-3-13(2)17(4-12)11-18-8-14-5-15(9-18)7-16(6-14)10-18;;;/h7-13H,1-6H3;7-14H,1-6H3;4,12,14-16H,5-11H2,1-2H3;2*1H;/q-1;;-1;;;+2/p-2. The quantitative estimate of drug-likeness (QED) is 0.158. The zero-order chi connectivity index (χ0) is 44.3. The van der Waals surface area contributed by atoms with Crippen LogP contribution in [0.4, 0.5) is 0 Å². The number of fused-ring (bicyclic) bond motifs is 3. The molecule has 0 aromatic heterocycles. The SMILES string of the molecule is CC(C)(C)c1ccc([C](=[Zr+2])c2ccc(C(C)(C)C)cc2)cc1.CC(C)(C)c1ccc2c(c1)[cH-]c1cc(C(C)(C)C)ccc12.CC1=[C-]C(C)C=C1CC12CC3CC(CC(C3)C1)C2.[Cl-].[Cl-]. The molecule has 0 saturated heterocycles. The molecule has 3 heteroatoms. The van der Waals surface area contributed by atoms with Crippen LogP contribution in [0.25, 0.3) is 21.5 Å². The summed E-state index contributed by atoms with van der Waals surface area (Å²) < 4.78 is 1.42. The Morgan fingerprint density at radius 2 is 0.921 bits per heavy atom. The summed E-state index contributed by atoms with van der Waals surface area (Å²) in [6.07, 6.45) is 16.7. The maximum atomic E-state index is 3.57. The average Bonchev–Trinajstić information content (AvgIpc) is 3.69. The van der Waals surface area contributed by atoms with Crippen molar-refractivity contribution in [1.82, 2.24) is 0 Å². The van der Waals surface area contributed by atoms with E-state index in [2.05, 4.69) is 200 Å². The summed E-state index contributed by atoms with van der Waals surface area (Å²) in [5, 5.41) is 5.48. The monoisotopic (exact) mass is 956 g/mol. The molecule has 0 radical (unpaired) electrons. The summed E-state index contributed by atoms with van der Waals surface area (Å²) in [4.78, 5) is 0. The number of hydrogen-bond acceptors (Lipinski definition) is 0. The van der Waals surface area contributed by atoms with E-state index in [0.29, 0.717) is 11.3 Å². The normalized spacial score (nSPS) is 22.9. The number of benzene rings is 4. The van der Waals surface area contributed by atoms with E-state index in [-0.39, 0.29) is 46.5 Å². The van der Waals surface area contributed by atoms with Crippen molar-refractivity contribution in [2.24, 2.45) is 29.1 Å². The third-order valence-corrected chi connectivity index (χ3v) is 16.0. The topological polar surface area (TPSA) is 0 Å². The molecule has 0 spiro atoms. The minimum atomic E-state index is 0. The van der Waals surface area contributed by atoms with Crippen LogP contribution in [-0.2, 0) is 45.9 Å². The van der Waals surface area contributed by atoms with E-state index in [1.165, 1.54) is 94.4 Å². The molecular formula is C60H76Cl2Zr-2. The molecule has 0 amide bonds. The summed E-state index contributed by atoms with van der Waals surface area (Å²) in [5.41, 5.74) is 12.9. The van der Waals surface area contributed by atoms with Gasteiger partial charge in [-0.2, -0.15) is 11.6 Å². The van der Waals surface area contributed by atoms with E-state index in [1.807, 2.05) is 0 Å². The second kappa shape index (κ2) is 19.4. The zero-order valence-electron chi connectivity index (χ0n) is 41.3. The Morgan fingerprint density at radius 1 is 0.571 bits per heavy atom. The van der Waals surface area contributed by atoms with Crippen LogP contribution in [-0.4, -0.2) is 3.21 Å². The fraction of sp³-hybridized carbons (Fsp3) is 0.500. The molecule has 0 aliphatic heterocycles. The van der Waals surface area contributed by atoms with E-state index in [1.54, 1.807) is 44.1 Å². The minimum Gasteiger partial charge on any atom is -1.00 e. The largest absolute Gasteiger partial charge is 1.00 e. The molecule has 1 atom stereocenters. The van der Waals surface area contributed by atoms with Crippen molar-refractivity contribution in [1.29, 1.82) is 0 Å². The first-order valence-corrected chi connectivity index (χ1v) is 24.9.